The molecule has 1 aromatic carbocycles. The van der Waals surface area contributed by atoms with Gasteiger partial charge >= 0.3 is 0 Å². The van der Waals surface area contributed by atoms with Gasteiger partial charge in [-0.25, -0.2) is 9.97 Å². The molecule has 37 heavy (non-hydrogen) atoms. The zero-order chi connectivity index (χ0) is 25.7. The highest BCUT2D eigenvalue weighted by Crippen LogP contribution is 2.66. The number of nitrogens with zero attached hydrogens (tertiary/aromatic N) is 4. The van der Waals surface area contributed by atoms with Crippen LogP contribution in [0.5, 0.6) is 5.88 Å². The first-order valence-electron chi connectivity index (χ1n) is 12.3. The van der Waals surface area contributed by atoms with Crippen molar-refractivity contribution in [2.24, 2.45) is 12.5 Å². The fraction of sp³-hybridized carbons (Fsp3) is 0.310. The van der Waals surface area contributed by atoms with Crippen molar-refractivity contribution >= 4 is 43.2 Å². The lowest BCUT2D eigenvalue weighted by Gasteiger charge is -2.22. The molecule has 2 atom stereocenters. The van der Waals surface area contributed by atoms with Gasteiger partial charge in [0.15, 0.2) is 5.76 Å². The van der Waals surface area contributed by atoms with Gasteiger partial charge in [0, 0.05) is 47.7 Å². The van der Waals surface area contributed by atoms with Crippen molar-refractivity contribution in [2.75, 3.05) is 0 Å². The minimum Gasteiger partial charge on any atom is -0.473 e. The first-order chi connectivity index (χ1) is 17.9. The number of hydrogen-bond acceptors (Lipinski definition) is 6. The number of carbonyl (C=O) groups is 1. The molecule has 0 bridgehead atoms. The van der Waals surface area contributed by atoms with Crippen molar-refractivity contribution in [3.05, 3.63) is 82.5 Å². The van der Waals surface area contributed by atoms with Crippen molar-refractivity contribution in [1.29, 1.82) is 5.26 Å². The van der Waals surface area contributed by atoms with E-state index in [-0.39, 0.29) is 9.20 Å². The SMILES string of the molecule is Cc1cc(C#N)ccc1COc1cccc(C2=CCC3(CC2)CC3c2nc3cc(C(=O)I)oc3n2C)n1. The third-order valence-electron chi connectivity index (χ3n) is 7.82. The number of carbonyl (C=O) groups excluding carboxylic acids is 1. The average molecular weight is 604 g/mol. The number of hydrogen-bond donors (Lipinski definition) is 0. The minimum absolute atomic E-state index is 0.113. The highest BCUT2D eigenvalue weighted by molar-refractivity contribution is 14.1. The van der Waals surface area contributed by atoms with Crippen LogP contribution < -0.4 is 4.74 Å². The van der Waals surface area contributed by atoms with Crippen molar-refractivity contribution in [1.82, 2.24) is 14.5 Å². The van der Waals surface area contributed by atoms with Crippen LogP contribution in [-0.4, -0.2) is 18.3 Å². The van der Waals surface area contributed by atoms with Crippen LogP contribution in [0.3, 0.4) is 0 Å². The number of fused-ring (bicyclic) bond motifs is 1. The van der Waals surface area contributed by atoms with Gasteiger partial charge < -0.3 is 13.7 Å². The van der Waals surface area contributed by atoms with Crippen molar-refractivity contribution in [3.63, 3.8) is 0 Å². The summed E-state index contributed by atoms with van der Waals surface area (Å²) >= 11 is 1.74. The predicted octanol–water partition coefficient (Wildman–Crippen LogP) is 6.64. The number of allylic oxidation sites excluding steroid dienone is 2. The summed E-state index contributed by atoms with van der Waals surface area (Å²) in [5.41, 5.74) is 6.62. The monoisotopic (exact) mass is 604 g/mol. The first kappa shape index (κ1) is 23.9. The topological polar surface area (TPSA) is 93.9 Å². The Morgan fingerprint density at radius 1 is 1.30 bits per heavy atom. The Bertz CT molecular complexity index is 1630. The third kappa shape index (κ3) is 4.35. The van der Waals surface area contributed by atoms with Crippen molar-refractivity contribution < 1.29 is 13.9 Å². The fourth-order valence-corrected chi connectivity index (χ4v) is 5.78. The Hall–Kier alpha value is -3.45. The van der Waals surface area contributed by atoms with Crippen molar-refractivity contribution in [3.8, 4) is 11.9 Å². The number of imidazole rings is 1. The van der Waals surface area contributed by atoms with Crippen LogP contribution in [0.15, 0.2) is 53.0 Å². The number of aromatic nitrogens is 3. The van der Waals surface area contributed by atoms with E-state index >= 15 is 0 Å². The molecule has 2 aliphatic rings. The van der Waals surface area contributed by atoms with Gasteiger partial charge in [0.25, 0.3) is 3.79 Å². The highest BCUT2D eigenvalue weighted by atomic mass is 127. The molecule has 3 heterocycles. The molecule has 2 unspecified atom stereocenters. The molecule has 0 N–H and O–H groups in total. The zero-order valence-corrected chi connectivity index (χ0v) is 22.8. The molecule has 7 nitrogen and oxygen atoms in total. The summed E-state index contributed by atoms with van der Waals surface area (Å²) in [4.78, 5) is 21.2. The lowest BCUT2D eigenvalue weighted by molar-refractivity contribution is 0.108. The number of aryl methyl sites for hydroxylation is 2. The maximum absolute atomic E-state index is 11.6. The molecular weight excluding hydrogens is 579 g/mol. The second-order valence-corrected chi connectivity index (χ2v) is 11.0. The summed E-state index contributed by atoms with van der Waals surface area (Å²) in [7, 11) is 1.97. The van der Waals surface area contributed by atoms with Gasteiger partial charge in [-0.1, -0.05) is 18.2 Å². The second-order valence-electron chi connectivity index (χ2n) is 10.1. The summed E-state index contributed by atoms with van der Waals surface area (Å²) in [5.74, 6) is 2.40. The Kier molecular flexibility index (Phi) is 5.91. The van der Waals surface area contributed by atoms with E-state index in [9.17, 15) is 4.79 Å². The summed E-state index contributed by atoms with van der Waals surface area (Å²) in [6.07, 6.45) is 6.50. The van der Waals surface area contributed by atoms with Crippen LogP contribution in [0.1, 0.15) is 70.4 Å². The van der Waals surface area contributed by atoms with E-state index in [0.717, 1.165) is 53.8 Å². The van der Waals surface area contributed by atoms with Gasteiger partial charge in [-0.15, -0.1) is 0 Å². The summed E-state index contributed by atoms with van der Waals surface area (Å²) < 4.78 is 13.6. The van der Waals surface area contributed by atoms with E-state index < -0.39 is 0 Å². The molecule has 1 spiro atoms. The number of nitriles is 1. The molecule has 0 aliphatic heterocycles. The van der Waals surface area contributed by atoms with Crippen molar-refractivity contribution in [2.45, 2.75) is 45.1 Å². The maximum atomic E-state index is 11.6. The van der Waals surface area contributed by atoms with Crippen LogP contribution in [0.4, 0.5) is 0 Å². The van der Waals surface area contributed by atoms with Crippen LogP contribution in [0.2, 0.25) is 0 Å². The minimum atomic E-state index is -0.113. The highest BCUT2D eigenvalue weighted by Gasteiger charge is 2.56. The van der Waals surface area contributed by atoms with E-state index in [2.05, 4.69) is 12.1 Å². The third-order valence-corrected chi connectivity index (χ3v) is 8.35. The molecule has 186 valence electrons. The van der Waals surface area contributed by atoms with E-state index in [1.807, 2.05) is 54.9 Å². The van der Waals surface area contributed by atoms with Crippen LogP contribution >= 0.6 is 22.6 Å². The first-order valence-corrected chi connectivity index (χ1v) is 13.4. The molecule has 4 aromatic rings. The van der Waals surface area contributed by atoms with Gasteiger partial charge in [-0.05, 0) is 72.9 Å². The van der Waals surface area contributed by atoms with Crippen LogP contribution in [-0.2, 0) is 13.7 Å². The fourth-order valence-electron chi connectivity index (χ4n) is 5.52. The van der Waals surface area contributed by atoms with E-state index in [0.29, 0.717) is 35.4 Å². The number of furan rings is 1. The molecule has 0 radical (unpaired) electrons. The summed E-state index contributed by atoms with van der Waals surface area (Å²) in [6.45, 7) is 2.40. The van der Waals surface area contributed by atoms with E-state index in [1.54, 1.807) is 28.7 Å². The maximum Gasteiger partial charge on any atom is 0.257 e. The summed E-state index contributed by atoms with van der Waals surface area (Å²) in [6, 6.07) is 15.5. The molecule has 8 heteroatoms. The number of ether oxygens (including phenoxy) is 1. The van der Waals surface area contributed by atoms with Gasteiger partial charge in [0.05, 0.1) is 17.3 Å². The lowest BCUT2D eigenvalue weighted by atomic mass is 9.83. The Morgan fingerprint density at radius 3 is 2.86 bits per heavy atom. The van der Waals surface area contributed by atoms with E-state index in [4.69, 9.17) is 24.4 Å². The quantitative estimate of drug-likeness (QED) is 0.181. The normalized spacial score (nSPS) is 20.6. The smallest absolute Gasteiger partial charge is 0.257 e. The van der Waals surface area contributed by atoms with Gasteiger partial charge in [0.2, 0.25) is 11.6 Å². The standard InChI is InChI=1S/C29H25IN4O3/c1-17-12-18(15-31)6-7-20(17)16-36-25-5-3-4-22(32-25)19-8-10-29(11-9-19)14-21(29)27-33-23-13-24(26(30)35)37-28(23)34(27)2/h3-8,12-13,21H,9-11,14,16H2,1-2H3. The second kappa shape index (κ2) is 9.14. The van der Waals surface area contributed by atoms with Gasteiger partial charge in [-0.2, -0.15) is 5.26 Å². The zero-order valence-electron chi connectivity index (χ0n) is 20.6. The average Bonchev–Trinajstić information content (AvgIpc) is 3.26. The Labute approximate surface area is 228 Å². The molecular formula is C29H25IN4O3. The lowest BCUT2D eigenvalue weighted by Crippen LogP contribution is -2.11. The Balaban J connectivity index is 1.14. The predicted molar refractivity (Wildman–Crippen MR) is 147 cm³/mol. The van der Waals surface area contributed by atoms with Crippen LogP contribution in [0.25, 0.3) is 16.8 Å². The number of rotatable bonds is 6. The molecule has 3 aromatic heterocycles. The van der Waals surface area contributed by atoms with Crippen LogP contribution in [0, 0.1) is 23.7 Å². The Morgan fingerprint density at radius 2 is 2.16 bits per heavy atom. The molecule has 2 aliphatic carbocycles. The largest absolute Gasteiger partial charge is 0.473 e. The molecule has 6 rings (SSSR count). The molecule has 0 saturated heterocycles. The number of benzene rings is 1. The van der Waals surface area contributed by atoms with Gasteiger partial charge in [-0.3, -0.25) is 4.79 Å². The number of halogens is 1. The molecule has 0 amide bonds. The number of pyridine rings is 1. The molecule has 1 saturated carbocycles. The molecule has 1 fully saturated rings. The van der Waals surface area contributed by atoms with E-state index in [1.165, 1.54) is 5.57 Å². The van der Waals surface area contributed by atoms with Gasteiger partial charge in [0.1, 0.15) is 17.9 Å². The summed E-state index contributed by atoms with van der Waals surface area (Å²) in [5, 5.41) is 9.07.